The molecule has 0 unspecified atom stereocenters. The predicted octanol–water partition coefficient (Wildman–Crippen LogP) is 0.313. The molecule has 1 amide bonds. The van der Waals surface area contributed by atoms with Gasteiger partial charge >= 0.3 is 0 Å². The summed E-state index contributed by atoms with van der Waals surface area (Å²) >= 11 is 0. The van der Waals surface area contributed by atoms with E-state index >= 15 is 0 Å². The Labute approximate surface area is 107 Å². The summed E-state index contributed by atoms with van der Waals surface area (Å²) in [5, 5.41) is 13.2. The molecular formula is C12H22N4O2. The Hall–Kier alpha value is -1.56. The molecule has 0 spiro atoms. The highest BCUT2D eigenvalue weighted by Crippen LogP contribution is 2.14. The van der Waals surface area contributed by atoms with Gasteiger partial charge in [-0.25, -0.2) is 0 Å². The number of anilines is 1. The van der Waals surface area contributed by atoms with Crippen molar-refractivity contribution >= 4 is 11.6 Å². The summed E-state index contributed by atoms with van der Waals surface area (Å²) in [7, 11) is 0. The van der Waals surface area contributed by atoms with E-state index in [0.717, 1.165) is 17.8 Å². The summed E-state index contributed by atoms with van der Waals surface area (Å²) in [5.41, 5.74) is 8.00. The molecule has 1 heterocycles. The van der Waals surface area contributed by atoms with Gasteiger partial charge in [-0.05, 0) is 20.3 Å². The Bertz CT molecular complexity index is 408. The third-order valence-electron chi connectivity index (χ3n) is 2.94. The molecular weight excluding hydrogens is 232 g/mol. The molecule has 3 N–H and O–H groups in total. The van der Waals surface area contributed by atoms with Crippen LogP contribution in [0.25, 0.3) is 0 Å². The van der Waals surface area contributed by atoms with Crippen LogP contribution in [0.4, 0.5) is 5.69 Å². The summed E-state index contributed by atoms with van der Waals surface area (Å²) in [6.07, 6.45) is 0.866. The maximum Gasteiger partial charge on any atom is 0.244 e. The minimum absolute atomic E-state index is 0.0228. The van der Waals surface area contributed by atoms with Gasteiger partial charge in [0.25, 0.3) is 0 Å². The van der Waals surface area contributed by atoms with Crippen molar-refractivity contribution in [2.75, 3.05) is 25.4 Å². The number of rotatable bonds is 6. The van der Waals surface area contributed by atoms with E-state index in [0.29, 0.717) is 18.8 Å². The minimum Gasteiger partial charge on any atom is -0.396 e. The van der Waals surface area contributed by atoms with Crippen molar-refractivity contribution in [1.29, 1.82) is 0 Å². The molecule has 0 radical (unpaired) electrons. The molecule has 6 heteroatoms. The van der Waals surface area contributed by atoms with Crippen LogP contribution in [0.1, 0.15) is 24.7 Å². The Kier molecular flexibility index (Phi) is 5.15. The first-order valence-corrected chi connectivity index (χ1v) is 6.19. The van der Waals surface area contributed by atoms with Gasteiger partial charge in [0, 0.05) is 13.1 Å². The average Bonchev–Trinajstić information content (AvgIpc) is 2.57. The molecule has 18 heavy (non-hydrogen) atoms. The van der Waals surface area contributed by atoms with Crippen LogP contribution in [-0.4, -0.2) is 45.4 Å². The Morgan fingerprint density at radius 3 is 2.56 bits per heavy atom. The van der Waals surface area contributed by atoms with Crippen molar-refractivity contribution in [2.24, 2.45) is 0 Å². The van der Waals surface area contributed by atoms with Gasteiger partial charge in [-0.1, -0.05) is 6.92 Å². The first-order valence-electron chi connectivity index (χ1n) is 6.19. The zero-order valence-corrected chi connectivity index (χ0v) is 11.3. The van der Waals surface area contributed by atoms with E-state index in [1.807, 2.05) is 20.8 Å². The Balaban J connectivity index is 2.75. The zero-order chi connectivity index (χ0) is 13.7. The molecule has 0 aliphatic carbocycles. The van der Waals surface area contributed by atoms with Crippen molar-refractivity contribution in [3.05, 3.63) is 11.4 Å². The standard InChI is InChI=1S/C12H22N4O2/c1-4-5-15(6-7-17)11(18)8-16-10(3)12(13)9(2)14-16/h17H,4-8,13H2,1-3H3. The fraction of sp³-hybridized carbons (Fsp3) is 0.667. The van der Waals surface area contributed by atoms with Crippen molar-refractivity contribution in [3.8, 4) is 0 Å². The van der Waals surface area contributed by atoms with Gasteiger partial charge in [0.05, 0.1) is 23.7 Å². The van der Waals surface area contributed by atoms with E-state index in [9.17, 15) is 4.79 Å². The maximum absolute atomic E-state index is 12.1. The molecule has 1 aromatic heterocycles. The third kappa shape index (κ3) is 3.22. The van der Waals surface area contributed by atoms with Crippen molar-refractivity contribution < 1.29 is 9.90 Å². The van der Waals surface area contributed by atoms with Gasteiger partial charge in [0.1, 0.15) is 6.54 Å². The topological polar surface area (TPSA) is 84.4 Å². The van der Waals surface area contributed by atoms with Gasteiger partial charge in [0.2, 0.25) is 5.91 Å². The lowest BCUT2D eigenvalue weighted by atomic mass is 10.3. The van der Waals surface area contributed by atoms with Crippen LogP contribution in [0.5, 0.6) is 0 Å². The third-order valence-corrected chi connectivity index (χ3v) is 2.94. The highest BCUT2D eigenvalue weighted by atomic mass is 16.3. The number of aliphatic hydroxyl groups excluding tert-OH is 1. The lowest BCUT2D eigenvalue weighted by Gasteiger charge is -2.21. The Morgan fingerprint density at radius 2 is 2.11 bits per heavy atom. The summed E-state index contributed by atoms with van der Waals surface area (Å²) in [6.45, 7) is 6.82. The summed E-state index contributed by atoms with van der Waals surface area (Å²) in [5.74, 6) is -0.0449. The van der Waals surface area contributed by atoms with E-state index in [1.165, 1.54) is 0 Å². The first kappa shape index (κ1) is 14.5. The summed E-state index contributed by atoms with van der Waals surface area (Å²) < 4.78 is 1.62. The van der Waals surface area contributed by atoms with Crippen LogP contribution < -0.4 is 5.73 Å². The number of aliphatic hydroxyl groups is 1. The van der Waals surface area contributed by atoms with Gasteiger partial charge in [0.15, 0.2) is 0 Å². The van der Waals surface area contributed by atoms with Crippen LogP contribution >= 0.6 is 0 Å². The number of nitrogens with two attached hydrogens (primary N) is 1. The molecule has 0 aromatic carbocycles. The SMILES string of the molecule is CCCN(CCO)C(=O)Cn1nc(C)c(N)c1C. The normalized spacial score (nSPS) is 10.7. The number of carbonyl (C=O) groups excluding carboxylic acids is 1. The molecule has 0 saturated carbocycles. The molecule has 1 aromatic rings. The second kappa shape index (κ2) is 6.39. The molecule has 0 atom stereocenters. The lowest BCUT2D eigenvalue weighted by Crippen LogP contribution is -2.37. The Morgan fingerprint density at radius 1 is 1.44 bits per heavy atom. The number of hydrogen-bond acceptors (Lipinski definition) is 4. The number of nitrogen functional groups attached to an aromatic ring is 1. The smallest absolute Gasteiger partial charge is 0.244 e. The van der Waals surface area contributed by atoms with Crippen LogP contribution in [0.2, 0.25) is 0 Å². The van der Waals surface area contributed by atoms with Crippen LogP contribution in [0.15, 0.2) is 0 Å². The lowest BCUT2D eigenvalue weighted by molar-refractivity contribution is -0.132. The average molecular weight is 254 g/mol. The number of aromatic nitrogens is 2. The maximum atomic E-state index is 12.1. The highest BCUT2D eigenvalue weighted by molar-refractivity contribution is 5.76. The summed E-state index contributed by atoms with van der Waals surface area (Å²) in [4.78, 5) is 13.7. The molecule has 1 rings (SSSR count). The van der Waals surface area contributed by atoms with Crippen LogP contribution in [-0.2, 0) is 11.3 Å². The second-order valence-electron chi connectivity index (χ2n) is 4.35. The molecule has 0 saturated heterocycles. The number of amides is 1. The molecule has 0 aliphatic heterocycles. The van der Waals surface area contributed by atoms with Crippen molar-refractivity contribution in [1.82, 2.24) is 14.7 Å². The van der Waals surface area contributed by atoms with E-state index in [2.05, 4.69) is 5.10 Å². The monoisotopic (exact) mass is 254 g/mol. The first-order chi connectivity index (χ1) is 8.51. The van der Waals surface area contributed by atoms with E-state index in [1.54, 1.807) is 9.58 Å². The second-order valence-corrected chi connectivity index (χ2v) is 4.35. The van der Waals surface area contributed by atoms with E-state index < -0.39 is 0 Å². The molecule has 0 aliphatic rings. The van der Waals surface area contributed by atoms with E-state index in [4.69, 9.17) is 10.8 Å². The quantitative estimate of drug-likeness (QED) is 0.765. The highest BCUT2D eigenvalue weighted by Gasteiger charge is 2.16. The molecule has 6 nitrogen and oxygen atoms in total. The largest absolute Gasteiger partial charge is 0.396 e. The fourth-order valence-corrected chi connectivity index (χ4v) is 1.84. The number of aryl methyl sites for hydroxylation is 1. The molecule has 0 fully saturated rings. The van der Waals surface area contributed by atoms with Gasteiger partial charge in [-0.15, -0.1) is 0 Å². The number of hydrogen-bond donors (Lipinski definition) is 2. The van der Waals surface area contributed by atoms with Crippen molar-refractivity contribution in [2.45, 2.75) is 33.7 Å². The van der Waals surface area contributed by atoms with Gasteiger partial charge < -0.3 is 15.7 Å². The van der Waals surface area contributed by atoms with Crippen LogP contribution in [0, 0.1) is 13.8 Å². The number of nitrogens with zero attached hydrogens (tertiary/aromatic N) is 3. The molecule has 102 valence electrons. The number of carbonyl (C=O) groups is 1. The van der Waals surface area contributed by atoms with Crippen LogP contribution in [0.3, 0.4) is 0 Å². The van der Waals surface area contributed by atoms with Crippen molar-refractivity contribution in [3.63, 3.8) is 0 Å². The fourth-order valence-electron chi connectivity index (χ4n) is 1.84. The predicted molar refractivity (Wildman–Crippen MR) is 70.1 cm³/mol. The molecule has 0 bridgehead atoms. The zero-order valence-electron chi connectivity index (χ0n) is 11.3. The van der Waals surface area contributed by atoms with Gasteiger partial charge in [-0.3, -0.25) is 9.48 Å². The summed E-state index contributed by atoms with van der Waals surface area (Å²) in [6, 6.07) is 0. The van der Waals surface area contributed by atoms with E-state index in [-0.39, 0.29) is 19.1 Å². The minimum atomic E-state index is -0.0449. The van der Waals surface area contributed by atoms with Gasteiger partial charge in [-0.2, -0.15) is 5.10 Å².